The van der Waals surface area contributed by atoms with Crippen LogP contribution < -0.4 is 14.8 Å². The molecule has 7 nitrogen and oxygen atoms in total. The molecule has 2 N–H and O–H groups in total. The van der Waals surface area contributed by atoms with Gasteiger partial charge in [0.25, 0.3) is 5.91 Å². The Bertz CT molecular complexity index is 1290. The van der Waals surface area contributed by atoms with E-state index in [9.17, 15) is 13.6 Å². The molecule has 0 saturated carbocycles. The number of carbonyl (C=O) groups is 1. The number of nitrogens with one attached hydrogen (secondary N) is 2. The first-order chi connectivity index (χ1) is 17.8. The van der Waals surface area contributed by atoms with Gasteiger partial charge in [0, 0.05) is 50.0 Å². The van der Waals surface area contributed by atoms with E-state index in [1.165, 1.54) is 18.2 Å². The molecular formula is C27H31F2N5O2S. The zero-order valence-corrected chi connectivity index (χ0v) is 22.1. The molecule has 1 aliphatic rings. The van der Waals surface area contributed by atoms with Gasteiger partial charge >= 0.3 is 6.55 Å². The van der Waals surface area contributed by atoms with Gasteiger partial charge in [-0.3, -0.25) is 4.79 Å². The minimum Gasteiger partial charge on any atom is -0.424 e. The average Bonchev–Trinajstić information content (AvgIpc) is 3.32. The fraction of sp³-hybridized carbons (Fsp3) is 0.333. The maximum atomic E-state index is 13.2. The maximum Gasteiger partial charge on any atom is 0.333 e. The largest absolute Gasteiger partial charge is 0.424 e. The fourth-order valence-corrected chi connectivity index (χ4v) is 4.93. The van der Waals surface area contributed by atoms with Gasteiger partial charge in [0.15, 0.2) is 5.75 Å². The van der Waals surface area contributed by atoms with Crippen LogP contribution in [0.3, 0.4) is 0 Å². The van der Waals surface area contributed by atoms with Gasteiger partial charge in [-0.25, -0.2) is 4.68 Å². The molecule has 1 aliphatic heterocycles. The lowest BCUT2D eigenvalue weighted by Crippen LogP contribution is -2.27. The molecule has 0 aliphatic carbocycles. The molecule has 0 bridgehead atoms. The summed E-state index contributed by atoms with van der Waals surface area (Å²) in [7, 11) is 1.61. The first-order valence-electron chi connectivity index (χ1n) is 12.0. The van der Waals surface area contributed by atoms with E-state index < -0.39 is 6.55 Å². The zero-order valence-electron chi connectivity index (χ0n) is 21.3. The quantitative estimate of drug-likeness (QED) is 0.343. The summed E-state index contributed by atoms with van der Waals surface area (Å²) in [6, 6.07) is 11.5. The number of aromatic nitrogens is 2. The highest BCUT2D eigenvalue weighted by atomic mass is 32.2. The molecule has 1 atom stereocenters. The van der Waals surface area contributed by atoms with Crippen LogP contribution in [0.2, 0.25) is 0 Å². The summed E-state index contributed by atoms with van der Waals surface area (Å²) >= 11 is 1.27. The second-order valence-electron chi connectivity index (χ2n) is 8.88. The van der Waals surface area contributed by atoms with E-state index in [-0.39, 0.29) is 11.9 Å². The van der Waals surface area contributed by atoms with Crippen molar-refractivity contribution in [3.63, 3.8) is 0 Å². The SMILES string of the molecule is CNC(=O)c1cc(C)cc([C@@H](C)Nc2ccccc2OSC)c1/C=C/N1CCc2c(cnn2C(F)F)C1. The van der Waals surface area contributed by atoms with Crippen LogP contribution >= 0.6 is 12.0 Å². The number of rotatable bonds is 9. The number of hydrogen-bond donors (Lipinski definition) is 2. The Morgan fingerprint density at radius 1 is 1.27 bits per heavy atom. The summed E-state index contributed by atoms with van der Waals surface area (Å²) in [5.41, 5.74) is 5.49. The molecule has 0 unspecified atom stereocenters. The van der Waals surface area contributed by atoms with Crippen molar-refractivity contribution in [2.75, 3.05) is 25.2 Å². The topological polar surface area (TPSA) is 71.4 Å². The predicted octanol–water partition coefficient (Wildman–Crippen LogP) is 5.81. The number of para-hydroxylation sites is 2. The Labute approximate surface area is 220 Å². The monoisotopic (exact) mass is 527 g/mol. The minimum absolute atomic E-state index is 0.146. The highest BCUT2D eigenvalue weighted by Gasteiger charge is 2.23. The predicted molar refractivity (Wildman–Crippen MR) is 144 cm³/mol. The fourth-order valence-electron chi connectivity index (χ4n) is 4.60. The molecule has 1 aromatic heterocycles. The maximum absolute atomic E-state index is 13.2. The molecule has 0 saturated heterocycles. The number of alkyl halides is 2. The standard InChI is InChI=1S/C27H31F2N5O2S/c1-17-13-21(18(2)32-23-7-5-6-8-25(23)36-37-4)20(22(14-17)26(35)30-3)9-11-33-12-10-24-19(16-33)15-31-34(24)27(28)29/h5-9,11,13-15,18,27,32H,10,12,16H2,1-4H3,(H,30,35)/b11-9+/t18-/m1/s1. The van der Waals surface area contributed by atoms with Crippen molar-refractivity contribution in [3.05, 3.63) is 82.3 Å². The van der Waals surface area contributed by atoms with E-state index >= 15 is 0 Å². The van der Waals surface area contributed by atoms with Crippen molar-refractivity contribution >= 4 is 29.7 Å². The van der Waals surface area contributed by atoms with Gasteiger partial charge in [0.2, 0.25) is 0 Å². The van der Waals surface area contributed by atoms with E-state index in [4.69, 9.17) is 4.18 Å². The third kappa shape index (κ3) is 5.90. The van der Waals surface area contributed by atoms with E-state index in [2.05, 4.69) is 26.7 Å². The Hall–Kier alpha value is -3.53. The van der Waals surface area contributed by atoms with Crippen molar-refractivity contribution in [2.24, 2.45) is 0 Å². The number of amides is 1. The Balaban J connectivity index is 1.66. The normalized spacial score (nSPS) is 14.1. The molecule has 2 aromatic carbocycles. The van der Waals surface area contributed by atoms with Gasteiger partial charge in [0.1, 0.15) is 0 Å². The van der Waals surface area contributed by atoms with Crippen molar-refractivity contribution in [3.8, 4) is 5.75 Å². The minimum atomic E-state index is -2.64. The van der Waals surface area contributed by atoms with Crippen molar-refractivity contribution in [1.29, 1.82) is 0 Å². The van der Waals surface area contributed by atoms with Gasteiger partial charge < -0.3 is 19.7 Å². The van der Waals surface area contributed by atoms with Crippen LogP contribution in [0.25, 0.3) is 6.08 Å². The third-order valence-corrected chi connectivity index (χ3v) is 6.70. The smallest absolute Gasteiger partial charge is 0.333 e. The summed E-state index contributed by atoms with van der Waals surface area (Å²) in [6.45, 7) is 2.42. The molecule has 0 spiro atoms. The molecule has 3 aromatic rings. The number of anilines is 1. The highest BCUT2D eigenvalue weighted by molar-refractivity contribution is 7.94. The van der Waals surface area contributed by atoms with Gasteiger partial charge in [-0.1, -0.05) is 18.2 Å². The summed E-state index contributed by atoms with van der Waals surface area (Å²) in [6.07, 6.45) is 7.71. The van der Waals surface area contributed by atoms with Gasteiger partial charge in [-0.15, -0.1) is 0 Å². The number of aryl methyl sites for hydroxylation is 1. The molecule has 0 radical (unpaired) electrons. The summed E-state index contributed by atoms with van der Waals surface area (Å²) in [5.74, 6) is 0.550. The Kier molecular flexibility index (Phi) is 8.38. The number of fused-ring (bicyclic) bond motifs is 1. The van der Waals surface area contributed by atoms with Crippen LogP contribution in [-0.2, 0) is 13.0 Å². The van der Waals surface area contributed by atoms with Gasteiger partial charge in [0.05, 0.1) is 29.6 Å². The molecule has 4 rings (SSSR count). The molecule has 10 heteroatoms. The molecule has 1 amide bonds. The van der Waals surface area contributed by atoms with Crippen LogP contribution in [0.5, 0.6) is 5.75 Å². The molecular weight excluding hydrogens is 496 g/mol. The lowest BCUT2D eigenvalue weighted by atomic mass is 9.93. The van der Waals surface area contributed by atoms with E-state index in [1.807, 2.05) is 62.7 Å². The number of benzene rings is 2. The van der Waals surface area contributed by atoms with E-state index in [1.54, 1.807) is 7.05 Å². The van der Waals surface area contributed by atoms with Crippen LogP contribution in [0.1, 0.15) is 57.8 Å². The molecule has 196 valence electrons. The second kappa shape index (κ2) is 11.7. The van der Waals surface area contributed by atoms with E-state index in [0.717, 1.165) is 38.4 Å². The summed E-state index contributed by atoms with van der Waals surface area (Å²) in [5, 5.41) is 10.1. The number of halogens is 2. The van der Waals surface area contributed by atoms with Crippen molar-refractivity contribution in [2.45, 2.75) is 39.4 Å². The van der Waals surface area contributed by atoms with Crippen LogP contribution in [-0.4, -0.2) is 40.4 Å². The van der Waals surface area contributed by atoms with Crippen LogP contribution in [0, 0.1) is 6.92 Å². The molecule has 37 heavy (non-hydrogen) atoms. The summed E-state index contributed by atoms with van der Waals surface area (Å²) in [4.78, 5) is 14.9. The highest BCUT2D eigenvalue weighted by Crippen LogP contribution is 2.33. The molecule has 2 heterocycles. The Morgan fingerprint density at radius 2 is 2.05 bits per heavy atom. The van der Waals surface area contributed by atoms with Gasteiger partial charge in [-0.05, 0) is 61.0 Å². The molecule has 0 fully saturated rings. The first kappa shape index (κ1) is 26.5. The number of nitrogens with zero attached hydrogens (tertiary/aromatic N) is 3. The van der Waals surface area contributed by atoms with Crippen molar-refractivity contribution in [1.82, 2.24) is 20.0 Å². The number of hydrogen-bond acceptors (Lipinski definition) is 6. The zero-order chi connectivity index (χ0) is 26.5. The third-order valence-electron chi connectivity index (χ3n) is 6.36. The number of carbonyl (C=O) groups excluding carboxylic acids is 1. The van der Waals surface area contributed by atoms with Crippen LogP contribution in [0.15, 0.2) is 48.8 Å². The first-order valence-corrected chi connectivity index (χ1v) is 13.2. The second-order valence-corrected chi connectivity index (χ2v) is 9.38. The van der Waals surface area contributed by atoms with Gasteiger partial charge in [-0.2, -0.15) is 13.9 Å². The lowest BCUT2D eigenvalue weighted by Gasteiger charge is -2.26. The lowest BCUT2D eigenvalue weighted by molar-refractivity contribution is 0.0524. The average molecular weight is 528 g/mol. The summed E-state index contributed by atoms with van der Waals surface area (Å²) < 4.78 is 32.9. The Morgan fingerprint density at radius 3 is 2.78 bits per heavy atom. The van der Waals surface area contributed by atoms with E-state index in [0.29, 0.717) is 30.8 Å². The van der Waals surface area contributed by atoms with Crippen molar-refractivity contribution < 1.29 is 17.8 Å². The van der Waals surface area contributed by atoms with Crippen LogP contribution in [0.4, 0.5) is 14.5 Å².